The maximum absolute atomic E-state index is 10.9. The van der Waals surface area contributed by atoms with Gasteiger partial charge in [-0.05, 0) is 68.4 Å². The van der Waals surface area contributed by atoms with Gasteiger partial charge in [0.2, 0.25) is 0 Å². The highest BCUT2D eigenvalue weighted by Gasteiger charge is 2.18. The van der Waals surface area contributed by atoms with E-state index in [-0.39, 0.29) is 11.2 Å². The Morgan fingerprint density at radius 2 is 1.06 bits per heavy atom. The largest absolute Gasteiger partial charge is 0.507 e. The van der Waals surface area contributed by atoms with Crippen LogP contribution < -0.4 is 0 Å². The smallest absolute Gasteiger partial charge is 0.167 e. The van der Waals surface area contributed by atoms with Crippen molar-refractivity contribution in [2.24, 2.45) is 5.41 Å². The predicted octanol–water partition coefficient (Wildman–Crippen LogP) is 7.40. The molecule has 1 heterocycles. The number of rotatable bonds is 4. The van der Waals surface area contributed by atoms with E-state index in [9.17, 15) is 5.11 Å². The van der Waals surface area contributed by atoms with Gasteiger partial charge in [-0.1, -0.05) is 74.4 Å². The number of benzene rings is 3. The van der Waals surface area contributed by atoms with Gasteiger partial charge in [0.1, 0.15) is 5.75 Å². The summed E-state index contributed by atoms with van der Waals surface area (Å²) in [5.74, 6) is 1.87. The van der Waals surface area contributed by atoms with E-state index in [0.717, 1.165) is 34.2 Å². The van der Waals surface area contributed by atoms with E-state index in [0.29, 0.717) is 23.0 Å². The molecule has 0 aliphatic heterocycles. The third-order valence-corrected chi connectivity index (χ3v) is 5.92. The van der Waals surface area contributed by atoms with Crippen LogP contribution in [0.4, 0.5) is 0 Å². The molecule has 3 aromatic carbocycles. The molecule has 4 aromatic rings. The Balaban J connectivity index is 1.90. The lowest BCUT2D eigenvalue weighted by molar-refractivity contribution is 0.409. The van der Waals surface area contributed by atoms with Gasteiger partial charge in [0, 0.05) is 11.1 Å². The molecule has 0 bridgehead atoms. The maximum Gasteiger partial charge on any atom is 0.167 e. The van der Waals surface area contributed by atoms with E-state index >= 15 is 0 Å². The summed E-state index contributed by atoms with van der Waals surface area (Å²) in [4.78, 5) is 14.5. The van der Waals surface area contributed by atoms with Crippen molar-refractivity contribution in [2.45, 2.75) is 54.9 Å². The predicted molar refractivity (Wildman–Crippen MR) is 140 cm³/mol. The van der Waals surface area contributed by atoms with E-state index < -0.39 is 0 Å². The van der Waals surface area contributed by atoms with Crippen molar-refractivity contribution < 1.29 is 5.11 Å². The number of hydrogen-bond donors (Lipinski definition) is 1. The Morgan fingerprint density at radius 1 is 0.618 bits per heavy atom. The van der Waals surface area contributed by atoms with Gasteiger partial charge >= 0.3 is 0 Å². The van der Waals surface area contributed by atoms with Crippen LogP contribution in [0.1, 0.15) is 48.6 Å². The molecule has 0 saturated carbocycles. The number of hydrogen-bond acceptors (Lipinski definition) is 4. The van der Waals surface area contributed by atoms with Gasteiger partial charge in [0.25, 0.3) is 0 Å². The maximum atomic E-state index is 10.9. The van der Waals surface area contributed by atoms with E-state index in [1.165, 1.54) is 11.1 Å². The van der Waals surface area contributed by atoms with Crippen LogP contribution in [0.25, 0.3) is 34.2 Å². The quantitative estimate of drug-likeness (QED) is 0.351. The van der Waals surface area contributed by atoms with Crippen LogP contribution >= 0.6 is 0 Å². The highest BCUT2D eigenvalue weighted by molar-refractivity contribution is 5.72. The molecule has 34 heavy (non-hydrogen) atoms. The molecule has 0 spiro atoms. The fourth-order valence-corrected chi connectivity index (χ4v) is 4.35. The Morgan fingerprint density at radius 3 is 1.47 bits per heavy atom. The molecule has 0 fully saturated rings. The zero-order valence-electron chi connectivity index (χ0n) is 21.2. The normalized spacial score (nSPS) is 11.6. The van der Waals surface area contributed by atoms with Gasteiger partial charge in [0.15, 0.2) is 17.5 Å². The first kappa shape index (κ1) is 23.6. The van der Waals surface area contributed by atoms with Crippen molar-refractivity contribution in [2.75, 3.05) is 0 Å². The number of aromatic nitrogens is 3. The van der Waals surface area contributed by atoms with Gasteiger partial charge in [-0.3, -0.25) is 0 Å². The topological polar surface area (TPSA) is 58.9 Å². The summed E-state index contributed by atoms with van der Waals surface area (Å²) in [5, 5.41) is 10.9. The zero-order chi connectivity index (χ0) is 24.6. The first-order chi connectivity index (χ1) is 16.0. The first-order valence-corrected chi connectivity index (χ1v) is 11.7. The van der Waals surface area contributed by atoms with E-state index in [2.05, 4.69) is 90.9 Å². The fraction of sp³-hybridized carbons (Fsp3) is 0.300. The van der Waals surface area contributed by atoms with Crippen molar-refractivity contribution in [3.8, 4) is 39.9 Å². The molecule has 0 radical (unpaired) electrons. The van der Waals surface area contributed by atoms with E-state index in [1.807, 2.05) is 12.1 Å². The molecule has 174 valence electrons. The minimum absolute atomic E-state index is 0.132. The molecule has 0 aliphatic carbocycles. The molecule has 1 aromatic heterocycles. The highest BCUT2D eigenvalue weighted by atomic mass is 16.3. The average Bonchev–Trinajstić information content (AvgIpc) is 2.72. The Bertz CT molecular complexity index is 1300. The standard InChI is InChI=1S/C30H33N3O/c1-18-8-11-23(20(3)14-18)27-31-28(24-12-9-19(2)15-21(24)4)33-29(32-27)25-13-10-22(16-26(25)34)17-30(5,6)7/h8-16,34H,17H2,1-7H3. The lowest BCUT2D eigenvalue weighted by atomic mass is 9.88. The summed E-state index contributed by atoms with van der Waals surface area (Å²) in [6.45, 7) is 14.9. The van der Waals surface area contributed by atoms with Crippen LogP contribution in [0.3, 0.4) is 0 Å². The SMILES string of the molecule is Cc1ccc(-c2nc(-c3ccc(C)cc3C)nc(-c3ccc(CC(C)(C)C)cc3O)n2)c(C)c1. The minimum Gasteiger partial charge on any atom is -0.507 e. The molecule has 1 N–H and O–H groups in total. The average molecular weight is 452 g/mol. The van der Waals surface area contributed by atoms with Gasteiger partial charge in [-0.25, -0.2) is 15.0 Å². The molecule has 0 aliphatic rings. The molecular weight excluding hydrogens is 418 g/mol. The zero-order valence-corrected chi connectivity index (χ0v) is 21.2. The van der Waals surface area contributed by atoms with Crippen LogP contribution in [0.15, 0.2) is 54.6 Å². The number of phenols is 1. The molecule has 4 heteroatoms. The molecule has 0 amide bonds. The van der Waals surface area contributed by atoms with Crippen molar-refractivity contribution >= 4 is 0 Å². The number of phenolic OH excluding ortho intramolecular Hbond substituents is 1. The lowest BCUT2D eigenvalue weighted by Gasteiger charge is -2.18. The van der Waals surface area contributed by atoms with Crippen LogP contribution in [-0.2, 0) is 6.42 Å². The molecular formula is C30H33N3O. The number of nitrogens with zero attached hydrogens (tertiary/aromatic N) is 3. The summed E-state index contributed by atoms with van der Waals surface area (Å²) < 4.78 is 0. The van der Waals surface area contributed by atoms with Gasteiger partial charge < -0.3 is 5.11 Å². The van der Waals surface area contributed by atoms with Gasteiger partial charge in [-0.15, -0.1) is 0 Å². The van der Waals surface area contributed by atoms with Crippen LogP contribution in [-0.4, -0.2) is 20.1 Å². The summed E-state index contributed by atoms with van der Waals surface area (Å²) >= 11 is 0. The second-order valence-corrected chi connectivity index (χ2v) is 10.5. The molecule has 0 unspecified atom stereocenters. The highest BCUT2D eigenvalue weighted by Crippen LogP contribution is 2.33. The van der Waals surface area contributed by atoms with Crippen molar-refractivity contribution in [1.82, 2.24) is 15.0 Å². The summed E-state index contributed by atoms with van der Waals surface area (Å²) in [5.41, 5.74) is 8.35. The van der Waals surface area contributed by atoms with Crippen LogP contribution in [0.5, 0.6) is 5.75 Å². The Labute approximate surface area is 202 Å². The number of aryl methyl sites for hydroxylation is 4. The molecule has 4 nitrogen and oxygen atoms in total. The Hall–Kier alpha value is -3.53. The molecule has 0 saturated heterocycles. The second-order valence-electron chi connectivity index (χ2n) is 10.5. The summed E-state index contributed by atoms with van der Waals surface area (Å²) in [6.07, 6.45) is 0.875. The minimum atomic E-state index is 0.132. The molecule has 4 rings (SSSR count). The van der Waals surface area contributed by atoms with Gasteiger partial charge in [0.05, 0.1) is 5.56 Å². The van der Waals surface area contributed by atoms with Crippen molar-refractivity contribution in [3.63, 3.8) is 0 Å². The molecule has 0 atom stereocenters. The van der Waals surface area contributed by atoms with E-state index in [4.69, 9.17) is 15.0 Å². The van der Waals surface area contributed by atoms with Crippen LogP contribution in [0, 0.1) is 33.1 Å². The monoisotopic (exact) mass is 451 g/mol. The number of aromatic hydroxyl groups is 1. The van der Waals surface area contributed by atoms with Crippen LogP contribution in [0.2, 0.25) is 0 Å². The van der Waals surface area contributed by atoms with Crippen molar-refractivity contribution in [1.29, 1.82) is 0 Å². The summed E-state index contributed by atoms with van der Waals surface area (Å²) in [7, 11) is 0. The second kappa shape index (κ2) is 9.02. The van der Waals surface area contributed by atoms with Crippen molar-refractivity contribution in [3.05, 3.63) is 82.4 Å². The van der Waals surface area contributed by atoms with E-state index in [1.54, 1.807) is 0 Å². The summed E-state index contributed by atoms with van der Waals surface area (Å²) in [6, 6.07) is 18.3. The van der Waals surface area contributed by atoms with Gasteiger partial charge in [-0.2, -0.15) is 0 Å². The first-order valence-electron chi connectivity index (χ1n) is 11.7. The Kier molecular flexibility index (Phi) is 6.26. The fourth-order valence-electron chi connectivity index (χ4n) is 4.35. The lowest BCUT2D eigenvalue weighted by Crippen LogP contribution is -2.09. The third kappa shape index (κ3) is 5.17. The third-order valence-electron chi connectivity index (χ3n) is 5.92.